The summed E-state index contributed by atoms with van der Waals surface area (Å²) < 4.78 is 0. The Morgan fingerprint density at radius 2 is 1.77 bits per heavy atom. The van der Waals surface area contributed by atoms with Crippen LogP contribution in [0.3, 0.4) is 0 Å². The average molecular weight is 614 g/mol. The summed E-state index contributed by atoms with van der Waals surface area (Å²) in [5.41, 5.74) is 0.931. The Bertz CT molecular complexity index is 1270. The van der Waals surface area contributed by atoms with E-state index >= 15 is 0 Å². The molecule has 0 aromatic heterocycles. The van der Waals surface area contributed by atoms with Crippen molar-refractivity contribution in [2.75, 3.05) is 6.61 Å². The fraction of sp³-hybridized carbons (Fsp3) is 0.727. The van der Waals surface area contributed by atoms with Gasteiger partial charge in [-0.05, 0) is 93.0 Å². The van der Waals surface area contributed by atoms with Crippen molar-refractivity contribution in [1.29, 1.82) is 0 Å². The standard InChI is InChI=1S/C33H47N3O8/c1-6-33(43)16-13-24-22-8-7-20-17-21(11-14-31(20,4)23(22)12-15-32(24,33)5)36-44-18-26(37)35-28(19(2)3)29(40)34-25(30(41)42)9-10-27(38)39/h1,17,19,22-25,28,43H,7-16,18H2,2-5H3,(H,34,40)(H,35,37)(H,38,39)(H,41,42)/b36-21-/t22-,23-,24-,25+,28+,31+,32+,33-/m1/s1. The number of rotatable bonds is 11. The second kappa shape index (κ2) is 12.9. The zero-order valence-corrected chi connectivity index (χ0v) is 26.2. The smallest absolute Gasteiger partial charge is 0.326 e. The Morgan fingerprint density at radius 3 is 2.41 bits per heavy atom. The summed E-state index contributed by atoms with van der Waals surface area (Å²) in [6.45, 7) is 7.55. The lowest BCUT2D eigenvalue weighted by atomic mass is 9.46. The van der Waals surface area contributed by atoms with E-state index in [1.165, 1.54) is 5.57 Å². The molecule has 0 radical (unpaired) electrons. The number of hydrogen-bond acceptors (Lipinski definition) is 7. The molecule has 5 N–H and O–H groups in total. The Balaban J connectivity index is 1.34. The molecule has 0 aromatic rings. The van der Waals surface area contributed by atoms with Gasteiger partial charge in [0.1, 0.15) is 17.7 Å². The highest BCUT2D eigenvalue weighted by Crippen LogP contribution is 2.67. The minimum absolute atomic E-state index is 0.0492. The quantitative estimate of drug-likeness (QED) is 0.174. The van der Waals surface area contributed by atoms with Gasteiger partial charge in [-0.15, -0.1) is 6.42 Å². The molecule has 0 aliphatic heterocycles. The summed E-state index contributed by atoms with van der Waals surface area (Å²) in [5.74, 6) is 0.0444. The first kappa shape index (κ1) is 33.5. The molecule has 8 atom stereocenters. The number of aliphatic hydroxyl groups is 1. The number of amides is 2. The number of oxime groups is 1. The molecule has 242 valence electrons. The normalized spacial score (nSPS) is 34.8. The number of aliphatic carboxylic acids is 2. The first-order valence-electron chi connectivity index (χ1n) is 15.8. The number of carbonyl (C=O) groups excluding carboxylic acids is 2. The van der Waals surface area contributed by atoms with Gasteiger partial charge >= 0.3 is 11.9 Å². The Kier molecular flexibility index (Phi) is 9.84. The van der Waals surface area contributed by atoms with E-state index in [0.717, 1.165) is 44.2 Å². The zero-order chi connectivity index (χ0) is 32.4. The third-order valence-corrected chi connectivity index (χ3v) is 11.3. The van der Waals surface area contributed by atoms with Crippen LogP contribution in [0.15, 0.2) is 16.8 Å². The van der Waals surface area contributed by atoms with E-state index in [1.54, 1.807) is 13.8 Å². The van der Waals surface area contributed by atoms with E-state index in [1.807, 2.05) is 0 Å². The molecule has 4 rings (SSSR count). The second-order valence-electron chi connectivity index (χ2n) is 14.0. The first-order valence-corrected chi connectivity index (χ1v) is 15.8. The number of hydrogen-bond donors (Lipinski definition) is 5. The maximum atomic E-state index is 12.8. The van der Waals surface area contributed by atoms with Gasteiger partial charge in [0.25, 0.3) is 5.91 Å². The van der Waals surface area contributed by atoms with Crippen molar-refractivity contribution in [2.45, 2.75) is 110 Å². The molecule has 4 aliphatic rings. The van der Waals surface area contributed by atoms with Crippen molar-refractivity contribution in [2.24, 2.45) is 39.7 Å². The number of fused-ring (bicyclic) bond motifs is 5. The maximum absolute atomic E-state index is 12.8. The third-order valence-electron chi connectivity index (χ3n) is 11.3. The van der Waals surface area contributed by atoms with Crippen molar-refractivity contribution in [1.82, 2.24) is 10.6 Å². The molecule has 2 amide bonds. The molecule has 3 saturated carbocycles. The molecule has 0 aromatic carbocycles. The molecule has 0 saturated heterocycles. The fourth-order valence-electron chi connectivity index (χ4n) is 8.61. The number of carboxylic acid groups (broad SMARTS) is 2. The Hall–Kier alpha value is -3.39. The highest BCUT2D eigenvalue weighted by molar-refractivity contribution is 5.96. The molecule has 0 unspecified atom stereocenters. The van der Waals surface area contributed by atoms with Gasteiger partial charge in [-0.25, -0.2) is 4.79 Å². The molecule has 4 aliphatic carbocycles. The van der Waals surface area contributed by atoms with Crippen LogP contribution in [0, 0.1) is 46.8 Å². The van der Waals surface area contributed by atoms with E-state index in [9.17, 15) is 29.4 Å². The highest BCUT2D eigenvalue weighted by atomic mass is 16.6. The second-order valence-corrected chi connectivity index (χ2v) is 14.0. The van der Waals surface area contributed by atoms with Gasteiger partial charge in [0, 0.05) is 11.8 Å². The lowest BCUT2D eigenvalue weighted by Gasteiger charge is -2.58. The van der Waals surface area contributed by atoms with Gasteiger partial charge in [-0.3, -0.25) is 14.4 Å². The van der Waals surface area contributed by atoms with E-state index < -0.39 is 54.5 Å². The third kappa shape index (κ3) is 6.37. The van der Waals surface area contributed by atoms with Gasteiger partial charge < -0.3 is 30.8 Å². The van der Waals surface area contributed by atoms with E-state index in [-0.39, 0.29) is 23.2 Å². The van der Waals surface area contributed by atoms with Gasteiger partial charge in [-0.1, -0.05) is 44.3 Å². The Labute approximate surface area is 259 Å². The Morgan fingerprint density at radius 1 is 1.07 bits per heavy atom. The van der Waals surface area contributed by atoms with E-state index in [0.29, 0.717) is 30.6 Å². The van der Waals surface area contributed by atoms with Crippen LogP contribution < -0.4 is 10.6 Å². The van der Waals surface area contributed by atoms with Crippen molar-refractivity contribution < 1.29 is 39.3 Å². The van der Waals surface area contributed by atoms with E-state index in [2.05, 4.69) is 41.6 Å². The van der Waals surface area contributed by atoms with Crippen molar-refractivity contribution in [3.63, 3.8) is 0 Å². The largest absolute Gasteiger partial charge is 0.481 e. The molecule has 11 heteroatoms. The molecule has 3 fully saturated rings. The molecule has 44 heavy (non-hydrogen) atoms. The minimum Gasteiger partial charge on any atom is -0.481 e. The summed E-state index contributed by atoms with van der Waals surface area (Å²) in [6.07, 6.45) is 14.5. The highest BCUT2D eigenvalue weighted by Gasteiger charge is 2.63. The van der Waals surface area contributed by atoms with Crippen LogP contribution in [0.5, 0.6) is 0 Å². The molecule has 0 spiro atoms. The number of carbonyl (C=O) groups is 4. The van der Waals surface area contributed by atoms with Crippen molar-refractivity contribution in [3.05, 3.63) is 11.6 Å². The van der Waals surface area contributed by atoms with Gasteiger partial charge in [0.2, 0.25) is 5.91 Å². The van der Waals surface area contributed by atoms with Crippen LogP contribution >= 0.6 is 0 Å². The topological polar surface area (TPSA) is 175 Å². The number of nitrogens with zero attached hydrogens (tertiary/aromatic N) is 1. The van der Waals surface area contributed by atoms with Crippen LogP contribution in [0.25, 0.3) is 0 Å². The number of carboxylic acids is 2. The minimum atomic E-state index is -1.39. The maximum Gasteiger partial charge on any atom is 0.326 e. The van der Waals surface area contributed by atoms with Crippen LogP contribution in [-0.2, 0) is 24.0 Å². The van der Waals surface area contributed by atoms with Gasteiger partial charge in [-0.2, -0.15) is 0 Å². The van der Waals surface area contributed by atoms with Crippen LogP contribution in [0.1, 0.15) is 91.9 Å². The van der Waals surface area contributed by atoms with Crippen LogP contribution in [0.4, 0.5) is 0 Å². The zero-order valence-electron chi connectivity index (χ0n) is 26.2. The van der Waals surface area contributed by atoms with Crippen LogP contribution in [0.2, 0.25) is 0 Å². The molecular weight excluding hydrogens is 566 g/mol. The van der Waals surface area contributed by atoms with Crippen molar-refractivity contribution >= 4 is 29.5 Å². The molecule has 0 bridgehead atoms. The van der Waals surface area contributed by atoms with Crippen LogP contribution in [-0.4, -0.2) is 69.1 Å². The summed E-state index contributed by atoms with van der Waals surface area (Å²) in [6, 6.07) is -2.42. The van der Waals surface area contributed by atoms with Crippen molar-refractivity contribution in [3.8, 4) is 12.3 Å². The lowest BCUT2D eigenvalue weighted by Crippen LogP contribution is -2.54. The molecular formula is C33H47N3O8. The number of terminal acetylenes is 1. The lowest BCUT2D eigenvalue weighted by molar-refractivity contribution is -0.143. The average Bonchev–Trinajstić information content (AvgIpc) is 3.24. The summed E-state index contributed by atoms with van der Waals surface area (Å²) >= 11 is 0. The molecule has 11 nitrogen and oxygen atoms in total. The summed E-state index contributed by atoms with van der Waals surface area (Å²) in [7, 11) is 0. The van der Waals surface area contributed by atoms with Gasteiger partial charge in [0.15, 0.2) is 6.61 Å². The number of allylic oxidation sites excluding steroid dienone is 2. The summed E-state index contributed by atoms with van der Waals surface area (Å²) in [5, 5.41) is 38.6. The fourth-order valence-corrected chi connectivity index (χ4v) is 8.61. The predicted molar refractivity (Wildman–Crippen MR) is 162 cm³/mol. The van der Waals surface area contributed by atoms with E-state index in [4.69, 9.17) is 16.4 Å². The van der Waals surface area contributed by atoms with Gasteiger partial charge in [0.05, 0.1) is 5.71 Å². The monoisotopic (exact) mass is 613 g/mol. The first-order chi connectivity index (χ1) is 20.6. The number of nitrogens with one attached hydrogen (secondary N) is 2. The molecule has 0 heterocycles. The predicted octanol–water partition coefficient (Wildman–Crippen LogP) is 3.26. The SMILES string of the molecule is C#C[C@@]1(O)CC[C@@H]2[C@@H]3CCC4=C/C(=N\OCC(=O)N[C@H](C(=O)N[C@@H](CCC(=O)O)C(=O)O)C(C)C)CC[C@]4(C)[C@@H]3CC[C@@]21C. The summed E-state index contributed by atoms with van der Waals surface area (Å²) in [4.78, 5) is 53.1.